The van der Waals surface area contributed by atoms with Crippen LogP contribution in [-0.4, -0.2) is 22.3 Å². The molecule has 3 heteroatoms. The average Bonchev–Trinajstić information content (AvgIpc) is 2.68. The van der Waals surface area contributed by atoms with E-state index >= 15 is 0 Å². The van der Waals surface area contributed by atoms with Gasteiger partial charge < -0.3 is 4.74 Å². The Bertz CT molecular complexity index is 779. The summed E-state index contributed by atoms with van der Waals surface area (Å²) in [6.07, 6.45) is 7.44. The van der Waals surface area contributed by atoms with Gasteiger partial charge >= 0.3 is 0 Å². The molecule has 1 N–H and O–H groups in total. The van der Waals surface area contributed by atoms with Gasteiger partial charge in [0.25, 0.3) is 5.69 Å². The minimum absolute atomic E-state index is 0.0709. The Hall–Kier alpha value is -2.03. The third-order valence-electron chi connectivity index (χ3n) is 4.82. The van der Waals surface area contributed by atoms with Crippen LogP contribution in [0.3, 0.4) is 0 Å². The van der Waals surface area contributed by atoms with Crippen LogP contribution >= 0.6 is 0 Å². The lowest BCUT2D eigenvalue weighted by Crippen LogP contribution is -2.37. The molecule has 0 amide bonds. The fourth-order valence-electron chi connectivity index (χ4n) is 4.37. The molecule has 0 bridgehead atoms. The lowest BCUT2D eigenvalue weighted by Gasteiger charge is -2.35. The van der Waals surface area contributed by atoms with Gasteiger partial charge in [-0.2, -0.15) is 0 Å². The van der Waals surface area contributed by atoms with Gasteiger partial charge in [-0.1, -0.05) is 26.0 Å². The van der Waals surface area contributed by atoms with Gasteiger partial charge in [0, 0.05) is 10.3 Å². The van der Waals surface area contributed by atoms with Crippen LogP contribution in [0.2, 0.25) is 0 Å². The van der Waals surface area contributed by atoms with Gasteiger partial charge in [-0.15, -0.1) is 0 Å². The smallest absolute Gasteiger partial charge is 0.269 e. The second-order valence-electron chi connectivity index (χ2n) is 7.89. The average molecular weight is 296 g/mol. The first-order chi connectivity index (χ1) is 10.3. The Labute approximate surface area is 131 Å². The van der Waals surface area contributed by atoms with Crippen LogP contribution in [0.1, 0.15) is 45.2 Å². The van der Waals surface area contributed by atoms with Crippen molar-refractivity contribution in [3.05, 3.63) is 35.4 Å². The number of fused-ring (bicyclic) bond motifs is 4. The van der Waals surface area contributed by atoms with Gasteiger partial charge in [-0.05, 0) is 37.8 Å². The number of nitrogens with zero attached hydrogens (tertiary/aromatic N) is 1. The van der Waals surface area contributed by atoms with E-state index in [1.54, 1.807) is 0 Å². The lowest BCUT2D eigenvalue weighted by atomic mass is 9.65. The van der Waals surface area contributed by atoms with Crippen LogP contribution in [-0.2, 0) is 0 Å². The Morgan fingerprint density at radius 1 is 1.18 bits per heavy atom. The number of ether oxygens (including phenoxy) is 1. The molecule has 0 spiro atoms. The molecule has 0 radical (unpaired) electrons. The highest BCUT2D eigenvalue weighted by Gasteiger charge is 2.51. The Balaban J connectivity index is 2.00. The normalized spacial score (nSPS) is 23.4. The first-order valence-corrected chi connectivity index (χ1v) is 7.86. The van der Waals surface area contributed by atoms with Crippen LogP contribution in [0.25, 0.3) is 11.6 Å². The molecule has 1 aromatic carbocycles. The minimum Gasteiger partial charge on any atom is -0.489 e. The number of benzene rings is 1. The standard InChI is InChI=1S/C19H22NO2/c1-18(2)10-14-13-8-12-6-5-7-22-16(12)9-15(13)20(21)17(14)19(3,4)11-18/h5-6,8-10,21H,7,11H2,1-4H3/q+1. The highest BCUT2D eigenvalue weighted by atomic mass is 16.5. The van der Waals surface area contributed by atoms with Crippen molar-refractivity contribution in [3.63, 3.8) is 0 Å². The summed E-state index contributed by atoms with van der Waals surface area (Å²) in [4.78, 5) is 0. The van der Waals surface area contributed by atoms with E-state index in [1.165, 1.54) is 10.3 Å². The molecule has 2 aliphatic heterocycles. The quantitative estimate of drug-likeness (QED) is 0.568. The molecule has 0 atom stereocenters. The molecule has 1 aliphatic carbocycles. The molecule has 4 rings (SSSR count). The summed E-state index contributed by atoms with van der Waals surface area (Å²) in [5.41, 5.74) is 5.25. The van der Waals surface area contributed by atoms with Crippen LogP contribution in [0.5, 0.6) is 5.75 Å². The first kappa shape index (κ1) is 13.6. The summed E-state index contributed by atoms with van der Waals surface area (Å²) in [7, 11) is 0. The van der Waals surface area contributed by atoms with Crippen molar-refractivity contribution in [3.8, 4) is 5.75 Å². The SMILES string of the molecule is CC1(C)C=C2C(=[N+](O)c3cc4c(cc32)C=CCO4)C(C)(C)C1. The van der Waals surface area contributed by atoms with E-state index in [0.29, 0.717) is 6.61 Å². The fourth-order valence-corrected chi connectivity index (χ4v) is 4.37. The summed E-state index contributed by atoms with van der Waals surface area (Å²) in [5, 5.41) is 10.8. The Kier molecular flexibility index (Phi) is 2.50. The number of allylic oxidation sites excluding steroid dienone is 2. The maximum atomic E-state index is 10.8. The van der Waals surface area contributed by atoms with Crippen LogP contribution in [0.4, 0.5) is 5.69 Å². The second-order valence-corrected chi connectivity index (χ2v) is 7.89. The molecule has 3 aliphatic rings. The number of hydrogen-bond donors (Lipinski definition) is 1. The van der Waals surface area contributed by atoms with E-state index in [1.807, 2.05) is 12.1 Å². The predicted molar refractivity (Wildman–Crippen MR) is 87.8 cm³/mol. The van der Waals surface area contributed by atoms with E-state index in [9.17, 15) is 5.21 Å². The largest absolute Gasteiger partial charge is 0.489 e. The Morgan fingerprint density at radius 3 is 2.73 bits per heavy atom. The van der Waals surface area contributed by atoms with E-state index in [2.05, 4.69) is 45.9 Å². The molecule has 2 heterocycles. The van der Waals surface area contributed by atoms with Gasteiger partial charge in [-0.25, -0.2) is 0 Å². The maximum absolute atomic E-state index is 10.8. The molecule has 114 valence electrons. The summed E-state index contributed by atoms with van der Waals surface area (Å²) in [5.74, 6) is 0.845. The third-order valence-corrected chi connectivity index (χ3v) is 4.82. The first-order valence-electron chi connectivity index (χ1n) is 7.86. The number of rotatable bonds is 0. The summed E-state index contributed by atoms with van der Waals surface area (Å²) in [6, 6.07) is 4.10. The van der Waals surface area contributed by atoms with Crippen LogP contribution in [0, 0.1) is 10.8 Å². The summed E-state index contributed by atoms with van der Waals surface area (Å²) in [6.45, 7) is 9.54. The summed E-state index contributed by atoms with van der Waals surface area (Å²) >= 11 is 0. The monoisotopic (exact) mass is 296 g/mol. The zero-order valence-corrected chi connectivity index (χ0v) is 13.6. The van der Waals surface area contributed by atoms with Crippen molar-refractivity contribution in [1.82, 2.24) is 0 Å². The van der Waals surface area contributed by atoms with Crippen molar-refractivity contribution in [2.24, 2.45) is 10.8 Å². The van der Waals surface area contributed by atoms with Crippen molar-refractivity contribution in [1.29, 1.82) is 0 Å². The molecular weight excluding hydrogens is 274 g/mol. The molecule has 3 nitrogen and oxygen atoms in total. The van der Waals surface area contributed by atoms with E-state index in [-0.39, 0.29) is 10.8 Å². The molecule has 1 aromatic rings. The Morgan fingerprint density at radius 2 is 1.95 bits per heavy atom. The fraction of sp³-hybridized carbons (Fsp3) is 0.421. The second kappa shape index (κ2) is 4.03. The van der Waals surface area contributed by atoms with Crippen molar-refractivity contribution in [2.75, 3.05) is 6.61 Å². The molecule has 0 unspecified atom stereocenters. The lowest BCUT2D eigenvalue weighted by molar-refractivity contribution is -0.712. The van der Waals surface area contributed by atoms with E-state index in [4.69, 9.17) is 4.74 Å². The van der Waals surface area contributed by atoms with Gasteiger partial charge in [-0.3, -0.25) is 5.21 Å². The number of hydrogen-bond acceptors (Lipinski definition) is 2. The van der Waals surface area contributed by atoms with Crippen molar-refractivity contribution < 1.29 is 14.7 Å². The topological polar surface area (TPSA) is 32.5 Å². The van der Waals surface area contributed by atoms with Gasteiger partial charge in [0.15, 0.2) is 0 Å². The van der Waals surface area contributed by atoms with Gasteiger partial charge in [0.05, 0.1) is 22.6 Å². The highest BCUT2D eigenvalue weighted by Crippen LogP contribution is 2.51. The minimum atomic E-state index is -0.0709. The molecule has 0 saturated carbocycles. The molecule has 0 saturated heterocycles. The highest BCUT2D eigenvalue weighted by molar-refractivity contribution is 6.27. The van der Waals surface area contributed by atoms with Gasteiger partial charge in [0.2, 0.25) is 5.71 Å². The maximum Gasteiger partial charge on any atom is 0.269 e. The van der Waals surface area contributed by atoms with Crippen LogP contribution < -0.4 is 4.74 Å². The zero-order valence-electron chi connectivity index (χ0n) is 13.6. The predicted octanol–water partition coefficient (Wildman–Crippen LogP) is 4.42. The molecular formula is C19H22NO2+. The molecule has 0 fully saturated rings. The third kappa shape index (κ3) is 1.78. The van der Waals surface area contributed by atoms with E-state index in [0.717, 1.165) is 34.7 Å². The molecule has 0 aromatic heterocycles. The van der Waals surface area contributed by atoms with Crippen molar-refractivity contribution >= 4 is 23.0 Å². The van der Waals surface area contributed by atoms with Gasteiger partial charge in [0.1, 0.15) is 12.4 Å². The van der Waals surface area contributed by atoms with Crippen LogP contribution in [0.15, 0.2) is 24.3 Å². The van der Waals surface area contributed by atoms with E-state index < -0.39 is 0 Å². The van der Waals surface area contributed by atoms with Crippen molar-refractivity contribution in [2.45, 2.75) is 34.1 Å². The molecule has 22 heavy (non-hydrogen) atoms. The zero-order chi connectivity index (χ0) is 15.7. The summed E-state index contributed by atoms with van der Waals surface area (Å²) < 4.78 is 7.06.